The van der Waals surface area contributed by atoms with Gasteiger partial charge in [-0.3, -0.25) is 9.78 Å². The Hall–Kier alpha value is -2.46. The third-order valence-electron chi connectivity index (χ3n) is 3.98. The van der Waals surface area contributed by atoms with Gasteiger partial charge < -0.3 is 5.32 Å². The number of pyridine rings is 1. The van der Waals surface area contributed by atoms with Crippen LogP contribution in [-0.2, 0) is 11.2 Å². The van der Waals surface area contributed by atoms with Crippen molar-refractivity contribution in [1.82, 2.24) is 10.3 Å². The molecule has 126 valence electrons. The van der Waals surface area contributed by atoms with E-state index < -0.39 is 0 Å². The summed E-state index contributed by atoms with van der Waals surface area (Å²) in [6.45, 7) is 1.93. The molecule has 1 aromatic heterocycles. The lowest BCUT2D eigenvalue weighted by atomic mass is 9.98. The van der Waals surface area contributed by atoms with Crippen LogP contribution in [-0.4, -0.2) is 10.9 Å². The van der Waals surface area contributed by atoms with Gasteiger partial charge in [-0.05, 0) is 41.8 Å². The molecule has 3 nitrogen and oxygen atoms in total. The zero-order chi connectivity index (χ0) is 17.6. The van der Waals surface area contributed by atoms with Crippen LogP contribution in [0, 0.1) is 6.92 Å². The molecule has 3 aromatic rings. The highest BCUT2D eigenvalue weighted by Gasteiger charge is 2.17. The Morgan fingerprint density at radius 1 is 1.00 bits per heavy atom. The zero-order valence-electron chi connectivity index (χ0n) is 13.9. The number of nitrogens with zero attached hydrogens (tertiary/aromatic N) is 1. The zero-order valence-corrected chi connectivity index (χ0v) is 15.5. The maximum atomic E-state index is 12.6. The van der Waals surface area contributed by atoms with Crippen molar-refractivity contribution in [1.29, 1.82) is 0 Å². The van der Waals surface area contributed by atoms with Crippen molar-refractivity contribution in [3.05, 3.63) is 99.8 Å². The fourth-order valence-electron chi connectivity index (χ4n) is 2.66. The number of rotatable bonds is 5. The van der Waals surface area contributed by atoms with Crippen molar-refractivity contribution in [2.45, 2.75) is 19.4 Å². The molecule has 0 saturated carbocycles. The average Bonchev–Trinajstić information content (AvgIpc) is 2.63. The standard InChI is InChI=1S/C21H19BrN2O/c1-15-7-8-16(14-23-15)13-20(25)24-21(17-5-3-2-4-6-17)18-9-11-19(22)12-10-18/h2-12,14,21H,13H2,1H3,(H,24,25)/t21-/m1/s1. The van der Waals surface area contributed by atoms with Gasteiger partial charge in [-0.15, -0.1) is 0 Å². The molecule has 25 heavy (non-hydrogen) atoms. The van der Waals surface area contributed by atoms with Gasteiger partial charge in [0.05, 0.1) is 12.5 Å². The number of carbonyl (C=O) groups excluding carboxylic acids is 1. The first kappa shape index (κ1) is 17.4. The molecule has 1 heterocycles. The third kappa shape index (κ3) is 4.77. The number of halogens is 1. The van der Waals surface area contributed by atoms with Crippen LogP contribution >= 0.6 is 15.9 Å². The van der Waals surface area contributed by atoms with Gasteiger partial charge in [0, 0.05) is 16.4 Å². The molecule has 4 heteroatoms. The van der Waals surface area contributed by atoms with Crippen LogP contribution < -0.4 is 5.32 Å². The van der Waals surface area contributed by atoms with Gasteiger partial charge in [0.2, 0.25) is 5.91 Å². The minimum absolute atomic E-state index is 0.0255. The van der Waals surface area contributed by atoms with Crippen LogP contribution in [0.2, 0.25) is 0 Å². The second-order valence-corrected chi connectivity index (χ2v) is 6.86. The van der Waals surface area contributed by atoms with Crippen molar-refractivity contribution in [2.24, 2.45) is 0 Å². The number of aryl methyl sites for hydroxylation is 1. The second kappa shape index (κ2) is 8.08. The molecule has 1 N–H and O–H groups in total. The average molecular weight is 395 g/mol. The molecular weight excluding hydrogens is 376 g/mol. The molecule has 0 bridgehead atoms. The third-order valence-corrected chi connectivity index (χ3v) is 4.51. The largest absolute Gasteiger partial charge is 0.345 e. The quantitative estimate of drug-likeness (QED) is 0.686. The molecule has 0 saturated heterocycles. The smallest absolute Gasteiger partial charge is 0.225 e. The van der Waals surface area contributed by atoms with E-state index in [-0.39, 0.29) is 11.9 Å². The van der Waals surface area contributed by atoms with E-state index in [1.807, 2.05) is 73.7 Å². The van der Waals surface area contributed by atoms with E-state index in [0.717, 1.165) is 26.9 Å². The highest BCUT2D eigenvalue weighted by Crippen LogP contribution is 2.23. The van der Waals surface area contributed by atoms with Gasteiger partial charge >= 0.3 is 0 Å². The number of amides is 1. The molecule has 1 atom stereocenters. The van der Waals surface area contributed by atoms with Crippen molar-refractivity contribution < 1.29 is 4.79 Å². The second-order valence-electron chi connectivity index (χ2n) is 5.95. The van der Waals surface area contributed by atoms with E-state index in [1.165, 1.54) is 0 Å². The van der Waals surface area contributed by atoms with Crippen LogP contribution in [0.4, 0.5) is 0 Å². The lowest BCUT2D eigenvalue weighted by Crippen LogP contribution is -2.30. The molecular formula is C21H19BrN2O. The molecule has 2 aromatic carbocycles. The van der Waals surface area contributed by atoms with Crippen LogP contribution in [0.1, 0.15) is 28.4 Å². The highest BCUT2D eigenvalue weighted by atomic mass is 79.9. The SMILES string of the molecule is Cc1ccc(CC(=O)N[C@H](c2ccccc2)c2ccc(Br)cc2)cn1. The molecule has 0 radical (unpaired) electrons. The first-order chi connectivity index (χ1) is 12.1. The summed E-state index contributed by atoms with van der Waals surface area (Å²) in [5.41, 5.74) is 3.96. The maximum absolute atomic E-state index is 12.6. The van der Waals surface area contributed by atoms with Crippen LogP contribution in [0.15, 0.2) is 77.4 Å². The number of hydrogen-bond donors (Lipinski definition) is 1. The summed E-state index contributed by atoms with van der Waals surface area (Å²) >= 11 is 3.46. The van der Waals surface area contributed by atoms with Crippen LogP contribution in [0.3, 0.4) is 0 Å². The molecule has 0 aliphatic heterocycles. The fraction of sp³-hybridized carbons (Fsp3) is 0.143. The number of benzene rings is 2. The lowest BCUT2D eigenvalue weighted by molar-refractivity contribution is -0.120. The normalized spacial score (nSPS) is 11.8. The molecule has 0 aliphatic carbocycles. The maximum Gasteiger partial charge on any atom is 0.225 e. The predicted octanol–water partition coefficient (Wildman–Crippen LogP) is 4.60. The van der Waals surface area contributed by atoms with Crippen molar-refractivity contribution in [2.75, 3.05) is 0 Å². The van der Waals surface area contributed by atoms with Gasteiger partial charge in [0.25, 0.3) is 0 Å². The van der Waals surface area contributed by atoms with E-state index in [9.17, 15) is 4.79 Å². The topological polar surface area (TPSA) is 42.0 Å². The Morgan fingerprint density at radius 3 is 2.32 bits per heavy atom. The predicted molar refractivity (Wildman–Crippen MR) is 103 cm³/mol. The summed E-state index contributed by atoms with van der Waals surface area (Å²) < 4.78 is 1.01. The van der Waals surface area contributed by atoms with Crippen LogP contribution in [0.25, 0.3) is 0 Å². The van der Waals surface area contributed by atoms with Crippen molar-refractivity contribution in [3.8, 4) is 0 Å². The molecule has 1 amide bonds. The van der Waals surface area contributed by atoms with Gasteiger partial charge in [0.15, 0.2) is 0 Å². The number of carbonyl (C=O) groups is 1. The summed E-state index contributed by atoms with van der Waals surface area (Å²) in [6.07, 6.45) is 2.07. The summed E-state index contributed by atoms with van der Waals surface area (Å²) in [6, 6.07) is 21.7. The minimum atomic E-state index is -0.180. The highest BCUT2D eigenvalue weighted by molar-refractivity contribution is 9.10. The lowest BCUT2D eigenvalue weighted by Gasteiger charge is -2.20. The minimum Gasteiger partial charge on any atom is -0.345 e. The molecule has 0 fully saturated rings. The fourth-order valence-corrected chi connectivity index (χ4v) is 2.92. The van der Waals surface area contributed by atoms with Gasteiger partial charge in [0.1, 0.15) is 0 Å². The number of aromatic nitrogens is 1. The Kier molecular flexibility index (Phi) is 5.61. The molecule has 0 spiro atoms. The monoisotopic (exact) mass is 394 g/mol. The number of hydrogen-bond acceptors (Lipinski definition) is 2. The Morgan fingerprint density at radius 2 is 1.68 bits per heavy atom. The Balaban J connectivity index is 1.81. The van der Waals surface area contributed by atoms with Crippen molar-refractivity contribution >= 4 is 21.8 Å². The number of nitrogens with one attached hydrogen (secondary N) is 1. The summed E-state index contributed by atoms with van der Waals surface area (Å²) in [7, 11) is 0. The molecule has 0 unspecified atom stereocenters. The summed E-state index contributed by atoms with van der Waals surface area (Å²) in [5, 5.41) is 3.15. The Bertz CT molecular complexity index is 830. The van der Waals surface area contributed by atoms with E-state index in [1.54, 1.807) is 6.20 Å². The van der Waals surface area contributed by atoms with E-state index >= 15 is 0 Å². The summed E-state index contributed by atoms with van der Waals surface area (Å²) in [4.78, 5) is 16.8. The first-order valence-corrected chi connectivity index (χ1v) is 8.92. The van der Waals surface area contributed by atoms with Crippen LogP contribution in [0.5, 0.6) is 0 Å². The molecule has 0 aliphatic rings. The van der Waals surface area contributed by atoms with E-state index in [2.05, 4.69) is 26.2 Å². The van der Waals surface area contributed by atoms with Gasteiger partial charge in [-0.1, -0.05) is 64.5 Å². The van der Waals surface area contributed by atoms with E-state index in [0.29, 0.717) is 6.42 Å². The van der Waals surface area contributed by atoms with Crippen molar-refractivity contribution in [3.63, 3.8) is 0 Å². The Labute approximate surface area is 156 Å². The first-order valence-electron chi connectivity index (χ1n) is 8.13. The summed E-state index contributed by atoms with van der Waals surface area (Å²) in [5.74, 6) is -0.0255. The van der Waals surface area contributed by atoms with Gasteiger partial charge in [-0.2, -0.15) is 0 Å². The van der Waals surface area contributed by atoms with E-state index in [4.69, 9.17) is 0 Å². The molecule has 3 rings (SSSR count). The van der Waals surface area contributed by atoms with Gasteiger partial charge in [-0.25, -0.2) is 0 Å².